The van der Waals surface area contributed by atoms with E-state index in [4.69, 9.17) is 10.5 Å². The van der Waals surface area contributed by atoms with Crippen molar-refractivity contribution in [2.24, 2.45) is 5.73 Å². The molecular formula is C13H16N2O4. The molecule has 1 aromatic rings. The van der Waals surface area contributed by atoms with Gasteiger partial charge in [0.25, 0.3) is 5.69 Å². The monoisotopic (exact) mass is 264 g/mol. The van der Waals surface area contributed by atoms with Crippen LogP contribution in [-0.2, 0) is 10.3 Å². The van der Waals surface area contributed by atoms with Crippen LogP contribution in [0.2, 0.25) is 0 Å². The molecule has 0 radical (unpaired) electrons. The van der Waals surface area contributed by atoms with Crippen molar-refractivity contribution in [3.63, 3.8) is 0 Å². The predicted molar refractivity (Wildman–Crippen MR) is 68.5 cm³/mol. The van der Waals surface area contributed by atoms with E-state index in [2.05, 4.69) is 0 Å². The molecule has 1 aliphatic carbocycles. The molecule has 1 aliphatic rings. The molecule has 19 heavy (non-hydrogen) atoms. The summed E-state index contributed by atoms with van der Waals surface area (Å²) in [6, 6.07) is 6.24. The van der Waals surface area contributed by atoms with Gasteiger partial charge in [0.15, 0.2) is 0 Å². The van der Waals surface area contributed by atoms with Gasteiger partial charge < -0.3 is 10.5 Å². The number of nitro benzene ring substituents is 1. The van der Waals surface area contributed by atoms with Crippen LogP contribution in [0.5, 0.6) is 0 Å². The Morgan fingerprint density at radius 2 is 2.00 bits per heavy atom. The lowest BCUT2D eigenvalue weighted by atomic mass is 9.79. The van der Waals surface area contributed by atoms with Crippen molar-refractivity contribution < 1.29 is 14.5 Å². The normalized spacial score (nSPS) is 17.7. The van der Waals surface area contributed by atoms with Crippen molar-refractivity contribution in [2.45, 2.75) is 37.7 Å². The summed E-state index contributed by atoms with van der Waals surface area (Å²) in [5.41, 5.74) is 4.99. The molecule has 1 fully saturated rings. The van der Waals surface area contributed by atoms with Crippen LogP contribution >= 0.6 is 0 Å². The maximum Gasteiger partial charge on any atom is 0.405 e. The molecule has 0 heterocycles. The van der Waals surface area contributed by atoms with Crippen LogP contribution in [0.4, 0.5) is 10.5 Å². The van der Waals surface area contributed by atoms with Crippen molar-refractivity contribution >= 4 is 11.8 Å². The number of ether oxygens (including phenoxy) is 1. The topological polar surface area (TPSA) is 95.5 Å². The molecule has 2 N–H and O–H groups in total. The van der Waals surface area contributed by atoms with Crippen LogP contribution in [0.15, 0.2) is 24.3 Å². The molecule has 1 aromatic carbocycles. The fourth-order valence-corrected chi connectivity index (χ4v) is 2.67. The van der Waals surface area contributed by atoms with E-state index in [1.807, 2.05) is 0 Å². The summed E-state index contributed by atoms with van der Waals surface area (Å²) in [5.74, 6) is 0. The highest BCUT2D eigenvalue weighted by molar-refractivity contribution is 5.65. The first-order valence-electron chi connectivity index (χ1n) is 6.27. The number of carbonyl (C=O) groups is 1. The third kappa shape index (κ3) is 2.83. The van der Waals surface area contributed by atoms with E-state index >= 15 is 0 Å². The van der Waals surface area contributed by atoms with Gasteiger partial charge in [0.05, 0.1) is 4.92 Å². The first kappa shape index (κ1) is 13.3. The number of nitrogens with zero attached hydrogens (tertiary/aromatic N) is 1. The van der Waals surface area contributed by atoms with E-state index in [0.29, 0.717) is 18.4 Å². The number of primary amides is 1. The lowest BCUT2D eigenvalue weighted by Gasteiger charge is -2.36. The lowest BCUT2D eigenvalue weighted by Crippen LogP contribution is -2.36. The number of hydrogen-bond acceptors (Lipinski definition) is 4. The van der Waals surface area contributed by atoms with Crippen molar-refractivity contribution in [3.05, 3.63) is 39.9 Å². The fourth-order valence-electron chi connectivity index (χ4n) is 2.67. The summed E-state index contributed by atoms with van der Waals surface area (Å²) < 4.78 is 5.32. The average molecular weight is 264 g/mol. The number of nitrogens with two attached hydrogens (primary N) is 1. The van der Waals surface area contributed by atoms with Crippen molar-refractivity contribution in [3.8, 4) is 0 Å². The van der Waals surface area contributed by atoms with Crippen LogP contribution in [-0.4, -0.2) is 11.0 Å². The van der Waals surface area contributed by atoms with Gasteiger partial charge in [-0.05, 0) is 25.7 Å². The number of carbonyl (C=O) groups excluding carboxylic acids is 1. The van der Waals surface area contributed by atoms with Gasteiger partial charge in [-0.1, -0.05) is 18.6 Å². The quantitative estimate of drug-likeness (QED) is 0.670. The predicted octanol–water partition coefficient (Wildman–Crippen LogP) is 2.85. The van der Waals surface area contributed by atoms with E-state index < -0.39 is 16.6 Å². The Balaban J connectivity index is 2.39. The van der Waals surface area contributed by atoms with Gasteiger partial charge in [0, 0.05) is 17.7 Å². The minimum Gasteiger partial charge on any atom is -0.438 e. The van der Waals surface area contributed by atoms with Crippen LogP contribution in [0.1, 0.15) is 37.7 Å². The SMILES string of the molecule is NC(=O)OC1(c2cccc([N+](=O)[O-])c2)CCCCC1. The maximum absolute atomic E-state index is 11.1. The molecule has 0 atom stereocenters. The highest BCUT2D eigenvalue weighted by Crippen LogP contribution is 2.41. The lowest BCUT2D eigenvalue weighted by molar-refractivity contribution is -0.385. The molecule has 0 aliphatic heterocycles. The van der Waals surface area contributed by atoms with Crippen molar-refractivity contribution in [1.29, 1.82) is 0 Å². The first-order chi connectivity index (χ1) is 9.03. The van der Waals surface area contributed by atoms with Crippen molar-refractivity contribution in [2.75, 3.05) is 0 Å². The summed E-state index contributed by atoms with van der Waals surface area (Å²) in [5, 5.41) is 10.8. The highest BCUT2D eigenvalue weighted by Gasteiger charge is 2.38. The number of non-ortho nitro benzene ring substituents is 1. The molecule has 0 aromatic heterocycles. The summed E-state index contributed by atoms with van der Waals surface area (Å²) >= 11 is 0. The van der Waals surface area contributed by atoms with Crippen molar-refractivity contribution in [1.82, 2.24) is 0 Å². The first-order valence-corrected chi connectivity index (χ1v) is 6.27. The Bertz CT molecular complexity index is 495. The molecule has 0 saturated heterocycles. The van der Waals surface area contributed by atoms with Gasteiger partial charge in [-0.15, -0.1) is 0 Å². The molecular weight excluding hydrogens is 248 g/mol. The number of hydrogen-bond donors (Lipinski definition) is 1. The molecule has 0 spiro atoms. The van der Waals surface area contributed by atoms with E-state index in [1.54, 1.807) is 12.1 Å². The third-order valence-electron chi connectivity index (χ3n) is 3.54. The highest BCUT2D eigenvalue weighted by atomic mass is 16.6. The zero-order chi connectivity index (χ0) is 13.9. The molecule has 6 heteroatoms. The second kappa shape index (κ2) is 5.26. The van der Waals surface area contributed by atoms with E-state index in [-0.39, 0.29) is 5.69 Å². The maximum atomic E-state index is 11.1. The standard InChI is InChI=1S/C13H16N2O4/c14-12(16)19-13(7-2-1-3-8-13)10-5-4-6-11(9-10)15(17)18/h4-6,9H,1-3,7-8H2,(H2,14,16). The molecule has 0 bridgehead atoms. The zero-order valence-electron chi connectivity index (χ0n) is 10.5. The fraction of sp³-hybridized carbons (Fsp3) is 0.462. The van der Waals surface area contributed by atoms with Gasteiger partial charge >= 0.3 is 6.09 Å². The number of rotatable bonds is 3. The number of nitro groups is 1. The molecule has 0 unspecified atom stereocenters. The summed E-state index contributed by atoms with van der Waals surface area (Å²) in [6.45, 7) is 0. The summed E-state index contributed by atoms with van der Waals surface area (Å²) in [6.07, 6.45) is 3.35. The van der Waals surface area contributed by atoms with Crippen LogP contribution in [0.25, 0.3) is 0 Å². The molecule has 102 valence electrons. The second-order valence-corrected chi connectivity index (χ2v) is 4.78. The molecule has 6 nitrogen and oxygen atoms in total. The average Bonchev–Trinajstić information content (AvgIpc) is 2.39. The van der Waals surface area contributed by atoms with Gasteiger partial charge in [0.1, 0.15) is 5.60 Å². The van der Waals surface area contributed by atoms with Gasteiger partial charge in [-0.2, -0.15) is 0 Å². The Hall–Kier alpha value is -2.11. The summed E-state index contributed by atoms with van der Waals surface area (Å²) in [7, 11) is 0. The Morgan fingerprint density at radius 3 is 2.58 bits per heavy atom. The third-order valence-corrected chi connectivity index (χ3v) is 3.54. The largest absolute Gasteiger partial charge is 0.438 e. The minimum atomic E-state index is -0.839. The minimum absolute atomic E-state index is 0.00415. The van der Waals surface area contributed by atoms with Gasteiger partial charge in [0.2, 0.25) is 0 Å². The Kier molecular flexibility index (Phi) is 3.69. The van der Waals surface area contributed by atoms with Crippen LogP contribution in [0.3, 0.4) is 0 Å². The van der Waals surface area contributed by atoms with Crippen LogP contribution < -0.4 is 5.73 Å². The van der Waals surface area contributed by atoms with Gasteiger partial charge in [-0.3, -0.25) is 10.1 Å². The van der Waals surface area contributed by atoms with E-state index in [9.17, 15) is 14.9 Å². The molecule has 2 rings (SSSR count). The molecule has 1 saturated carbocycles. The Labute approximate surface area is 110 Å². The number of benzene rings is 1. The smallest absolute Gasteiger partial charge is 0.405 e. The second-order valence-electron chi connectivity index (χ2n) is 4.78. The summed E-state index contributed by atoms with van der Waals surface area (Å²) in [4.78, 5) is 21.5. The Morgan fingerprint density at radius 1 is 1.32 bits per heavy atom. The van der Waals surface area contributed by atoms with E-state index in [0.717, 1.165) is 19.3 Å². The van der Waals surface area contributed by atoms with Crippen LogP contribution in [0, 0.1) is 10.1 Å². The molecule has 1 amide bonds. The number of amides is 1. The van der Waals surface area contributed by atoms with E-state index in [1.165, 1.54) is 12.1 Å². The zero-order valence-corrected chi connectivity index (χ0v) is 10.5. The van der Waals surface area contributed by atoms with Gasteiger partial charge in [-0.25, -0.2) is 4.79 Å².